The van der Waals surface area contributed by atoms with Gasteiger partial charge in [0.25, 0.3) is 0 Å². The van der Waals surface area contributed by atoms with Gasteiger partial charge in [0, 0.05) is 19.8 Å². The third-order valence-corrected chi connectivity index (χ3v) is 3.06. The smallest absolute Gasteiger partial charge is 0.165 e. The van der Waals surface area contributed by atoms with Crippen LogP contribution in [-0.4, -0.2) is 27.4 Å². The summed E-state index contributed by atoms with van der Waals surface area (Å²) in [4.78, 5) is 0. The van der Waals surface area contributed by atoms with Crippen molar-refractivity contribution < 1.29 is 13.9 Å². The van der Waals surface area contributed by atoms with E-state index in [1.165, 1.54) is 7.11 Å². The summed E-state index contributed by atoms with van der Waals surface area (Å²) >= 11 is 0. The highest BCUT2D eigenvalue weighted by Crippen LogP contribution is 2.24. The first kappa shape index (κ1) is 15.9. The Balaban J connectivity index is 2.74. The molecule has 108 valence electrons. The van der Waals surface area contributed by atoms with Gasteiger partial charge in [0.1, 0.15) is 0 Å². The molecule has 1 aromatic carbocycles. The van der Waals surface area contributed by atoms with Gasteiger partial charge in [-0.3, -0.25) is 0 Å². The molecule has 19 heavy (non-hydrogen) atoms. The molecular formula is C15H24FNO2. The number of halogens is 1. The highest BCUT2D eigenvalue weighted by molar-refractivity contribution is 5.31. The standard InChI is InChI=1S/C15H24FNO2/c1-4-9-17-14(6-5-10-18-2)12-7-8-15(19-3)13(16)11-12/h7-8,11,14,17H,4-6,9-10H2,1-3H3. The van der Waals surface area contributed by atoms with E-state index in [4.69, 9.17) is 9.47 Å². The van der Waals surface area contributed by atoms with Gasteiger partial charge in [0.05, 0.1) is 7.11 Å². The van der Waals surface area contributed by atoms with Crippen LogP contribution in [0.25, 0.3) is 0 Å². The van der Waals surface area contributed by atoms with E-state index in [1.807, 2.05) is 6.07 Å². The maximum atomic E-state index is 13.7. The molecule has 3 nitrogen and oxygen atoms in total. The summed E-state index contributed by atoms with van der Waals surface area (Å²) in [5, 5.41) is 3.45. The number of methoxy groups -OCH3 is 2. The molecule has 1 unspecified atom stereocenters. The number of ether oxygens (including phenoxy) is 2. The molecule has 0 heterocycles. The number of nitrogens with one attached hydrogen (secondary N) is 1. The van der Waals surface area contributed by atoms with Gasteiger partial charge in [-0.2, -0.15) is 0 Å². The monoisotopic (exact) mass is 269 g/mol. The normalized spacial score (nSPS) is 12.4. The number of benzene rings is 1. The van der Waals surface area contributed by atoms with Gasteiger partial charge in [-0.05, 0) is 43.5 Å². The molecular weight excluding hydrogens is 245 g/mol. The van der Waals surface area contributed by atoms with Gasteiger partial charge in [-0.15, -0.1) is 0 Å². The van der Waals surface area contributed by atoms with E-state index in [0.717, 1.165) is 38.0 Å². The highest BCUT2D eigenvalue weighted by atomic mass is 19.1. The van der Waals surface area contributed by atoms with Crippen molar-refractivity contribution in [1.29, 1.82) is 0 Å². The number of hydrogen-bond donors (Lipinski definition) is 1. The van der Waals surface area contributed by atoms with Gasteiger partial charge in [-0.1, -0.05) is 13.0 Å². The minimum atomic E-state index is -0.310. The summed E-state index contributed by atoms with van der Waals surface area (Å²) < 4.78 is 23.8. The van der Waals surface area contributed by atoms with E-state index in [-0.39, 0.29) is 17.6 Å². The lowest BCUT2D eigenvalue weighted by molar-refractivity contribution is 0.188. The van der Waals surface area contributed by atoms with Crippen molar-refractivity contribution in [2.45, 2.75) is 32.2 Å². The average molecular weight is 269 g/mol. The van der Waals surface area contributed by atoms with Crippen LogP contribution in [0.3, 0.4) is 0 Å². The Morgan fingerprint density at radius 3 is 2.68 bits per heavy atom. The summed E-state index contributed by atoms with van der Waals surface area (Å²) in [7, 11) is 3.17. The van der Waals surface area contributed by atoms with Crippen LogP contribution in [0.15, 0.2) is 18.2 Å². The maximum Gasteiger partial charge on any atom is 0.165 e. The second-order valence-electron chi connectivity index (χ2n) is 4.54. The molecule has 0 fully saturated rings. The first-order valence-corrected chi connectivity index (χ1v) is 6.78. The fourth-order valence-corrected chi connectivity index (χ4v) is 2.04. The Labute approximate surface area is 115 Å². The highest BCUT2D eigenvalue weighted by Gasteiger charge is 2.13. The van der Waals surface area contributed by atoms with E-state index < -0.39 is 0 Å². The van der Waals surface area contributed by atoms with Gasteiger partial charge in [0.2, 0.25) is 0 Å². The molecule has 1 rings (SSSR count). The summed E-state index contributed by atoms with van der Waals surface area (Å²) in [6.45, 7) is 3.77. The van der Waals surface area contributed by atoms with Crippen molar-refractivity contribution in [3.05, 3.63) is 29.6 Å². The lowest BCUT2D eigenvalue weighted by atomic mass is 10.0. The van der Waals surface area contributed by atoms with Crippen LogP contribution in [0.2, 0.25) is 0 Å². The molecule has 1 atom stereocenters. The molecule has 0 aliphatic heterocycles. The van der Waals surface area contributed by atoms with Gasteiger partial charge in [-0.25, -0.2) is 4.39 Å². The second-order valence-corrected chi connectivity index (χ2v) is 4.54. The van der Waals surface area contributed by atoms with Crippen molar-refractivity contribution >= 4 is 0 Å². The molecule has 0 saturated carbocycles. The molecule has 0 aliphatic carbocycles. The second kappa shape index (κ2) is 8.88. The fraction of sp³-hybridized carbons (Fsp3) is 0.600. The number of rotatable bonds is 9. The van der Waals surface area contributed by atoms with E-state index in [2.05, 4.69) is 12.2 Å². The van der Waals surface area contributed by atoms with Gasteiger partial charge in [0.15, 0.2) is 11.6 Å². The third-order valence-electron chi connectivity index (χ3n) is 3.06. The Hall–Kier alpha value is -1.13. The quantitative estimate of drug-likeness (QED) is 0.698. The molecule has 0 aromatic heterocycles. The third kappa shape index (κ3) is 5.17. The Morgan fingerprint density at radius 2 is 2.11 bits per heavy atom. The molecule has 0 amide bonds. The van der Waals surface area contributed by atoms with Crippen LogP contribution >= 0.6 is 0 Å². The lowest BCUT2D eigenvalue weighted by Crippen LogP contribution is -2.22. The fourth-order valence-electron chi connectivity index (χ4n) is 2.04. The van der Waals surface area contributed by atoms with Crippen molar-refractivity contribution in [2.75, 3.05) is 27.4 Å². The van der Waals surface area contributed by atoms with Crippen LogP contribution in [-0.2, 0) is 4.74 Å². The Bertz CT molecular complexity index is 371. The largest absolute Gasteiger partial charge is 0.494 e. The molecule has 0 spiro atoms. The summed E-state index contributed by atoms with van der Waals surface area (Å²) in [5.74, 6) is -0.0232. The Kier molecular flexibility index (Phi) is 7.45. The topological polar surface area (TPSA) is 30.5 Å². The first-order chi connectivity index (χ1) is 9.22. The summed E-state index contributed by atoms with van der Waals surface area (Å²) in [6.07, 6.45) is 2.94. The van der Waals surface area contributed by atoms with Crippen molar-refractivity contribution in [3.63, 3.8) is 0 Å². The van der Waals surface area contributed by atoms with Crippen molar-refractivity contribution in [2.24, 2.45) is 0 Å². The molecule has 0 aliphatic rings. The molecule has 4 heteroatoms. The molecule has 1 aromatic rings. The zero-order valence-electron chi connectivity index (χ0n) is 12.0. The SMILES string of the molecule is CCCNC(CCCOC)c1ccc(OC)c(F)c1. The molecule has 0 saturated heterocycles. The minimum Gasteiger partial charge on any atom is -0.494 e. The van der Waals surface area contributed by atoms with Crippen LogP contribution in [0.5, 0.6) is 5.75 Å². The summed E-state index contributed by atoms with van der Waals surface area (Å²) in [6, 6.07) is 5.32. The Morgan fingerprint density at radius 1 is 1.32 bits per heavy atom. The molecule has 0 bridgehead atoms. The van der Waals surface area contributed by atoms with E-state index in [0.29, 0.717) is 0 Å². The lowest BCUT2D eigenvalue weighted by Gasteiger charge is -2.19. The minimum absolute atomic E-state index is 0.163. The predicted molar refractivity (Wildman–Crippen MR) is 75.1 cm³/mol. The van der Waals surface area contributed by atoms with Crippen molar-refractivity contribution in [3.8, 4) is 5.75 Å². The zero-order valence-corrected chi connectivity index (χ0v) is 12.0. The first-order valence-electron chi connectivity index (χ1n) is 6.78. The maximum absolute atomic E-state index is 13.7. The van der Waals surface area contributed by atoms with Gasteiger partial charge >= 0.3 is 0 Å². The molecule has 1 N–H and O–H groups in total. The van der Waals surface area contributed by atoms with Crippen LogP contribution in [0, 0.1) is 5.82 Å². The van der Waals surface area contributed by atoms with Gasteiger partial charge < -0.3 is 14.8 Å². The zero-order chi connectivity index (χ0) is 14.1. The number of hydrogen-bond acceptors (Lipinski definition) is 3. The van der Waals surface area contributed by atoms with E-state index in [9.17, 15) is 4.39 Å². The van der Waals surface area contributed by atoms with Crippen LogP contribution in [0.4, 0.5) is 4.39 Å². The van der Waals surface area contributed by atoms with Crippen molar-refractivity contribution in [1.82, 2.24) is 5.32 Å². The van der Waals surface area contributed by atoms with E-state index >= 15 is 0 Å². The van der Waals surface area contributed by atoms with Crippen LogP contribution in [0.1, 0.15) is 37.8 Å². The van der Waals surface area contributed by atoms with Crippen LogP contribution < -0.4 is 10.1 Å². The summed E-state index contributed by atoms with van der Waals surface area (Å²) in [5.41, 5.74) is 0.961. The average Bonchev–Trinajstić information content (AvgIpc) is 2.42. The predicted octanol–water partition coefficient (Wildman–Crippen LogP) is 3.30. The molecule has 0 radical (unpaired) electrons. The van der Waals surface area contributed by atoms with E-state index in [1.54, 1.807) is 19.2 Å².